The molecule has 3 rings (SSSR count). The molecule has 0 spiro atoms. The molecule has 0 radical (unpaired) electrons. The minimum Gasteiger partial charge on any atom is -0.478 e. The van der Waals surface area contributed by atoms with Gasteiger partial charge in [0.05, 0.1) is 21.2 Å². The first kappa shape index (κ1) is 22.2. The number of carboxylic acid groups (broad SMARTS) is 1. The Bertz CT molecular complexity index is 1270. The van der Waals surface area contributed by atoms with E-state index < -0.39 is 16.0 Å². The molecule has 7 nitrogen and oxygen atoms in total. The van der Waals surface area contributed by atoms with Crippen LogP contribution >= 0.6 is 11.6 Å². The van der Waals surface area contributed by atoms with Crippen LogP contribution in [0, 0.1) is 6.92 Å². The van der Waals surface area contributed by atoms with Crippen molar-refractivity contribution in [2.45, 2.75) is 11.8 Å². The Hall–Kier alpha value is -3.49. The van der Waals surface area contributed by atoms with Gasteiger partial charge < -0.3 is 15.6 Å². The van der Waals surface area contributed by atoms with Crippen molar-refractivity contribution in [1.82, 2.24) is 0 Å². The van der Waals surface area contributed by atoms with Crippen molar-refractivity contribution in [3.63, 3.8) is 0 Å². The summed E-state index contributed by atoms with van der Waals surface area (Å²) in [5.74, 6) is -0.509. The van der Waals surface area contributed by atoms with Crippen LogP contribution in [0.3, 0.4) is 0 Å². The topological polar surface area (TPSA) is 119 Å². The summed E-state index contributed by atoms with van der Waals surface area (Å²) in [4.78, 5) is 11.0. The lowest BCUT2D eigenvalue weighted by Gasteiger charge is -2.13. The number of hydrogen-bond acceptors (Lipinski definition) is 5. The Labute approximate surface area is 184 Å². The zero-order chi connectivity index (χ0) is 22.8. The van der Waals surface area contributed by atoms with Gasteiger partial charge in [0.25, 0.3) is 10.0 Å². The molecule has 0 fully saturated rings. The molecule has 3 aromatic carbocycles. The zero-order valence-corrected chi connectivity index (χ0v) is 18.0. The van der Waals surface area contributed by atoms with Gasteiger partial charge in [-0.15, -0.1) is 0 Å². The van der Waals surface area contributed by atoms with Gasteiger partial charge in [-0.05, 0) is 67.1 Å². The number of benzene rings is 3. The SMILES string of the molecule is C=C(Oc1ccc(C)cc1N)c1ccc(NS(=O)(=O)c2ccc(Cl)c(C(=O)O)c2)cc1. The Kier molecular flexibility index (Phi) is 6.24. The van der Waals surface area contributed by atoms with E-state index in [-0.39, 0.29) is 21.2 Å². The second-order valence-corrected chi connectivity index (χ2v) is 8.79. The third-order valence-corrected chi connectivity index (χ3v) is 6.04. The molecule has 0 aliphatic carbocycles. The maximum atomic E-state index is 12.6. The van der Waals surface area contributed by atoms with E-state index in [9.17, 15) is 13.2 Å². The summed E-state index contributed by atoms with van der Waals surface area (Å²) in [6, 6.07) is 15.2. The number of anilines is 2. The minimum atomic E-state index is -4.02. The fourth-order valence-corrected chi connectivity index (χ4v) is 4.01. The van der Waals surface area contributed by atoms with Crippen LogP contribution in [0.5, 0.6) is 5.75 Å². The first-order valence-electron chi connectivity index (χ1n) is 8.96. The number of ether oxygens (including phenoxy) is 1. The molecule has 0 aliphatic heterocycles. The Balaban J connectivity index is 1.76. The van der Waals surface area contributed by atoms with E-state index >= 15 is 0 Å². The smallest absolute Gasteiger partial charge is 0.337 e. The molecular formula is C22H19ClN2O5S. The highest BCUT2D eigenvalue weighted by atomic mass is 35.5. The molecule has 0 heterocycles. The molecule has 3 aromatic rings. The number of hydrogen-bond donors (Lipinski definition) is 3. The molecular weight excluding hydrogens is 440 g/mol. The van der Waals surface area contributed by atoms with Crippen molar-refractivity contribution in [2.24, 2.45) is 0 Å². The highest BCUT2D eigenvalue weighted by Gasteiger charge is 2.19. The molecule has 0 aromatic heterocycles. The molecule has 0 saturated heterocycles. The van der Waals surface area contributed by atoms with E-state index in [4.69, 9.17) is 27.2 Å². The summed E-state index contributed by atoms with van der Waals surface area (Å²) in [6.45, 7) is 5.80. The molecule has 9 heteroatoms. The minimum absolute atomic E-state index is 0.0523. The number of aromatic carboxylic acids is 1. The van der Waals surface area contributed by atoms with Crippen molar-refractivity contribution in [3.05, 3.63) is 89.0 Å². The Morgan fingerprint density at radius 3 is 2.39 bits per heavy atom. The average molecular weight is 459 g/mol. The Morgan fingerprint density at radius 2 is 1.77 bits per heavy atom. The fourth-order valence-electron chi connectivity index (χ4n) is 2.73. The average Bonchev–Trinajstić information content (AvgIpc) is 2.70. The number of sulfonamides is 1. The van der Waals surface area contributed by atoms with E-state index in [0.29, 0.717) is 22.8 Å². The summed E-state index contributed by atoms with van der Waals surface area (Å²) in [7, 11) is -4.02. The second-order valence-electron chi connectivity index (χ2n) is 6.70. The van der Waals surface area contributed by atoms with E-state index in [2.05, 4.69) is 11.3 Å². The molecule has 0 unspecified atom stereocenters. The van der Waals surface area contributed by atoms with E-state index in [0.717, 1.165) is 11.6 Å². The zero-order valence-electron chi connectivity index (χ0n) is 16.4. The number of nitrogens with one attached hydrogen (secondary N) is 1. The largest absolute Gasteiger partial charge is 0.478 e. The van der Waals surface area contributed by atoms with Crippen molar-refractivity contribution < 1.29 is 23.1 Å². The molecule has 31 heavy (non-hydrogen) atoms. The fraction of sp³-hybridized carbons (Fsp3) is 0.0455. The van der Waals surface area contributed by atoms with Gasteiger partial charge in [0, 0.05) is 11.3 Å². The molecule has 4 N–H and O–H groups in total. The maximum absolute atomic E-state index is 12.6. The first-order chi connectivity index (χ1) is 14.6. The van der Waals surface area contributed by atoms with Gasteiger partial charge in [0.1, 0.15) is 11.5 Å². The number of nitrogen functional groups attached to an aromatic ring is 1. The summed E-state index contributed by atoms with van der Waals surface area (Å²) < 4.78 is 33.3. The molecule has 160 valence electrons. The lowest BCUT2D eigenvalue weighted by Crippen LogP contribution is -2.14. The van der Waals surface area contributed by atoms with Gasteiger partial charge in [-0.2, -0.15) is 0 Å². The lowest BCUT2D eigenvalue weighted by molar-refractivity contribution is 0.0697. The Morgan fingerprint density at radius 1 is 1.10 bits per heavy atom. The van der Waals surface area contributed by atoms with Crippen LogP contribution in [-0.2, 0) is 10.0 Å². The van der Waals surface area contributed by atoms with Crippen LogP contribution < -0.4 is 15.2 Å². The van der Waals surface area contributed by atoms with Crippen LogP contribution in [0.1, 0.15) is 21.5 Å². The summed E-state index contributed by atoms with van der Waals surface area (Å²) in [5.41, 5.74) is 8.03. The molecule has 0 aliphatic rings. The van der Waals surface area contributed by atoms with Crippen molar-refractivity contribution in [2.75, 3.05) is 10.5 Å². The van der Waals surface area contributed by atoms with Crippen molar-refractivity contribution >= 4 is 44.7 Å². The van der Waals surface area contributed by atoms with E-state index in [1.807, 2.05) is 13.0 Å². The quantitative estimate of drug-likeness (QED) is 0.346. The number of rotatable bonds is 7. The van der Waals surface area contributed by atoms with Crippen LogP contribution in [-0.4, -0.2) is 19.5 Å². The van der Waals surface area contributed by atoms with Gasteiger partial charge in [-0.25, -0.2) is 13.2 Å². The van der Waals surface area contributed by atoms with Crippen molar-refractivity contribution in [1.29, 1.82) is 0 Å². The predicted octanol–water partition coefficient (Wildman–Crippen LogP) is 4.78. The molecule has 0 atom stereocenters. The predicted molar refractivity (Wildman–Crippen MR) is 121 cm³/mol. The number of carbonyl (C=O) groups is 1. The van der Waals surface area contributed by atoms with Crippen molar-refractivity contribution in [3.8, 4) is 5.75 Å². The molecule has 0 saturated carbocycles. The van der Waals surface area contributed by atoms with Gasteiger partial charge in [0.2, 0.25) is 0 Å². The van der Waals surface area contributed by atoms with Gasteiger partial charge in [0.15, 0.2) is 0 Å². The third kappa shape index (κ3) is 5.17. The van der Waals surface area contributed by atoms with Crippen LogP contribution in [0.2, 0.25) is 5.02 Å². The van der Waals surface area contributed by atoms with Crippen LogP contribution in [0.25, 0.3) is 5.76 Å². The first-order valence-corrected chi connectivity index (χ1v) is 10.8. The number of carboxylic acids is 1. The normalized spacial score (nSPS) is 11.0. The third-order valence-electron chi connectivity index (χ3n) is 4.34. The summed E-state index contributed by atoms with van der Waals surface area (Å²) in [6.07, 6.45) is 0. The lowest BCUT2D eigenvalue weighted by atomic mass is 10.2. The number of aryl methyl sites for hydroxylation is 1. The van der Waals surface area contributed by atoms with Crippen LogP contribution in [0.15, 0.2) is 72.1 Å². The van der Waals surface area contributed by atoms with E-state index in [1.165, 1.54) is 24.3 Å². The maximum Gasteiger partial charge on any atom is 0.337 e. The standard InChI is InChI=1S/C22H19ClN2O5S/c1-13-3-10-21(20(24)11-13)30-14(2)15-4-6-16(7-5-15)25-31(28,29)17-8-9-19(23)18(12-17)22(26)27/h3-12,25H,2,24H2,1H3,(H,26,27). The highest BCUT2D eigenvalue weighted by Crippen LogP contribution is 2.28. The highest BCUT2D eigenvalue weighted by molar-refractivity contribution is 7.92. The summed E-state index contributed by atoms with van der Waals surface area (Å²) in [5, 5.41) is 9.08. The number of halogens is 1. The summed E-state index contributed by atoms with van der Waals surface area (Å²) >= 11 is 5.80. The monoisotopic (exact) mass is 458 g/mol. The van der Waals surface area contributed by atoms with Crippen LogP contribution in [0.4, 0.5) is 11.4 Å². The van der Waals surface area contributed by atoms with Gasteiger partial charge >= 0.3 is 5.97 Å². The molecule has 0 bridgehead atoms. The van der Waals surface area contributed by atoms with E-state index in [1.54, 1.807) is 24.3 Å². The number of nitrogens with two attached hydrogens (primary N) is 1. The van der Waals surface area contributed by atoms with Gasteiger partial charge in [-0.1, -0.05) is 24.2 Å². The van der Waals surface area contributed by atoms with Gasteiger partial charge in [-0.3, -0.25) is 4.72 Å². The molecule has 0 amide bonds. The second kappa shape index (κ2) is 8.71.